The number of anilines is 1. The molecule has 2 aliphatic rings. The Morgan fingerprint density at radius 2 is 1.81 bits per heavy atom. The first kappa shape index (κ1) is 20.5. The van der Waals surface area contributed by atoms with Gasteiger partial charge in [-0.2, -0.15) is 0 Å². The highest BCUT2D eigenvalue weighted by atomic mass is 16.5. The average molecular weight is 434 g/mol. The van der Waals surface area contributed by atoms with Crippen LogP contribution < -0.4 is 16.1 Å². The molecular weight excluding hydrogens is 408 g/mol. The molecule has 2 aromatic carbocycles. The van der Waals surface area contributed by atoms with Crippen molar-refractivity contribution in [3.05, 3.63) is 74.9 Å². The number of fused-ring (bicyclic) bond motifs is 1. The number of aromatic amines is 1. The lowest BCUT2D eigenvalue weighted by molar-refractivity contribution is 0.0747. The normalized spacial score (nSPS) is 18.9. The molecule has 2 aliphatic heterocycles. The number of nitrogens with one attached hydrogen (secondary N) is 1. The average Bonchev–Trinajstić information content (AvgIpc) is 3.35. The Labute approximate surface area is 185 Å². The van der Waals surface area contributed by atoms with Gasteiger partial charge < -0.3 is 19.5 Å². The highest BCUT2D eigenvalue weighted by Gasteiger charge is 2.23. The second-order valence-electron chi connectivity index (χ2n) is 8.36. The number of ether oxygens (including phenoxy) is 1. The summed E-state index contributed by atoms with van der Waals surface area (Å²) in [6.45, 7) is 3.66. The molecule has 0 unspecified atom stereocenters. The third kappa shape index (κ3) is 3.93. The van der Waals surface area contributed by atoms with Gasteiger partial charge in [0, 0.05) is 44.0 Å². The maximum atomic E-state index is 13.1. The number of hydrogen-bond acceptors (Lipinski definition) is 5. The first-order valence-electron chi connectivity index (χ1n) is 11.1. The van der Waals surface area contributed by atoms with E-state index in [0.29, 0.717) is 36.2 Å². The van der Waals surface area contributed by atoms with Crippen LogP contribution in [0.2, 0.25) is 0 Å². The largest absolute Gasteiger partial charge is 0.376 e. The quantitative estimate of drug-likeness (QED) is 0.677. The molecule has 5 rings (SSSR count). The summed E-state index contributed by atoms with van der Waals surface area (Å²) >= 11 is 0. The van der Waals surface area contributed by atoms with Crippen molar-refractivity contribution in [3.63, 3.8) is 0 Å². The lowest BCUT2D eigenvalue weighted by atomic mass is 10.1. The van der Waals surface area contributed by atoms with Gasteiger partial charge >= 0.3 is 5.69 Å². The number of piperazine rings is 1. The summed E-state index contributed by atoms with van der Waals surface area (Å²) < 4.78 is 6.76. The van der Waals surface area contributed by atoms with Crippen LogP contribution in [0.5, 0.6) is 0 Å². The molecule has 3 heterocycles. The minimum Gasteiger partial charge on any atom is -0.376 e. The maximum Gasteiger partial charge on any atom is 0.328 e. The van der Waals surface area contributed by atoms with E-state index in [9.17, 15) is 14.4 Å². The van der Waals surface area contributed by atoms with Gasteiger partial charge in [0.25, 0.3) is 11.5 Å². The number of nitrogens with zero attached hydrogens (tertiary/aromatic N) is 3. The molecule has 0 spiro atoms. The number of benzene rings is 2. The Balaban J connectivity index is 1.34. The molecule has 2 saturated heterocycles. The summed E-state index contributed by atoms with van der Waals surface area (Å²) in [7, 11) is 0. The number of carbonyl (C=O) groups is 1. The molecule has 0 aliphatic carbocycles. The van der Waals surface area contributed by atoms with Crippen LogP contribution in [-0.2, 0) is 11.3 Å². The zero-order valence-corrected chi connectivity index (χ0v) is 17.8. The monoisotopic (exact) mass is 434 g/mol. The number of rotatable bonds is 4. The molecule has 1 aromatic heterocycles. The minimum absolute atomic E-state index is 0.0935. The van der Waals surface area contributed by atoms with Crippen LogP contribution in [0.1, 0.15) is 23.2 Å². The molecule has 3 aromatic rings. The van der Waals surface area contributed by atoms with E-state index in [1.165, 1.54) is 4.57 Å². The van der Waals surface area contributed by atoms with E-state index in [2.05, 4.69) is 22.0 Å². The molecule has 8 nitrogen and oxygen atoms in total. The number of aromatic nitrogens is 2. The third-order valence-electron chi connectivity index (χ3n) is 6.33. The molecular formula is C24H26N4O4. The minimum atomic E-state index is -0.473. The van der Waals surface area contributed by atoms with E-state index < -0.39 is 5.69 Å². The molecule has 2 fully saturated rings. The van der Waals surface area contributed by atoms with Crippen molar-refractivity contribution in [2.75, 3.05) is 37.7 Å². The Kier molecular flexibility index (Phi) is 5.53. The van der Waals surface area contributed by atoms with Crippen molar-refractivity contribution in [3.8, 4) is 0 Å². The Bertz CT molecular complexity index is 1240. The van der Waals surface area contributed by atoms with Crippen molar-refractivity contribution in [1.29, 1.82) is 0 Å². The predicted molar refractivity (Wildman–Crippen MR) is 122 cm³/mol. The van der Waals surface area contributed by atoms with Crippen molar-refractivity contribution in [1.82, 2.24) is 14.5 Å². The summed E-state index contributed by atoms with van der Waals surface area (Å²) in [5.74, 6) is -0.0935. The SMILES string of the molecule is O=C(c1ccc2c(=O)n(C[C@H]3CCCO3)c(=O)[nH]c2c1)N1CCN(c2ccccc2)CC1. The van der Waals surface area contributed by atoms with E-state index in [-0.39, 0.29) is 24.1 Å². The summed E-state index contributed by atoms with van der Waals surface area (Å²) in [5, 5.41) is 0.396. The summed E-state index contributed by atoms with van der Waals surface area (Å²) in [6.07, 6.45) is 1.67. The van der Waals surface area contributed by atoms with Crippen LogP contribution in [0.4, 0.5) is 5.69 Å². The van der Waals surface area contributed by atoms with E-state index in [0.717, 1.165) is 31.6 Å². The van der Waals surface area contributed by atoms with Crippen LogP contribution >= 0.6 is 0 Å². The standard InChI is InChI=1S/C24H26N4O4/c29-22(27-12-10-26(11-13-27)18-5-2-1-3-6-18)17-8-9-20-21(15-17)25-24(31)28(23(20)30)16-19-7-4-14-32-19/h1-3,5-6,8-9,15,19H,4,7,10-14,16H2,(H,25,31)/t19-/m1/s1. The number of para-hydroxylation sites is 1. The Hall–Kier alpha value is -3.39. The van der Waals surface area contributed by atoms with Crippen LogP contribution in [0, 0.1) is 0 Å². The predicted octanol–water partition coefficient (Wildman–Crippen LogP) is 1.83. The van der Waals surface area contributed by atoms with E-state index in [1.54, 1.807) is 18.2 Å². The van der Waals surface area contributed by atoms with Gasteiger partial charge in [-0.3, -0.25) is 14.2 Å². The van der Waals surface area contributed by atoms with E-state index in [1.807, 2.05) is 23.1 Å². The van der Waals surface area contributed by atoms with Gasteiger partial charge in [0.2, 0.25) is 0 Å². The zero-order chi connectivity index (χ0) is 22.1. The van der Waals surface area contributed by atoms with Crippen molar-refractivity contribution in [2.24, 2.45) is 0 Å². The van der Waals surface area contributed by atoms with Crippen molar-refractivity contribution >= 4 is 22.5 Å². The second-order valence-corrected chi connectivity index (χ2v) is 8.36. The number of H-pyrrole nitrogens is 1. The molecule has 8 heteroatoms. The second kappa shape index (κ2) is 8.63. The zero-order valence-electron chi connectivity index (χ0n) is 17.8. The Morgan fingerprint density at radius 1 is 1.03 bits per heavy atom. The number of hydrogen-bond donors (Lipinski definition) is 1. The van der Waals surface area contributed by atoms with Gasteiger partial charge in [-0.25, -0.2) is 4.79 Å². The van der Waals surface area contributed by atoms with Gasteiger partial charge in [0.1, 0.15) is 0 Å². The topological polar surface area (TPSA) is 87.6 Å². The lowest BCUT2D eigenvalue weighted by Crippen LogP contribution is -2.48. The maximum absolute atomic E-state index is 13.1. The summed E-state index contributed by atoms with van der Waals surface area (Å²) in [5.41, 5.74) is 1.19. The molecule has 0 saturated carbocycles. The van der Waals surface area contributed by atoms with Gasteiger partial charge in [-0.1, -0.05) is 18.2 Å². The van der Waals surface area contributed by atoms with Crippen LogP contribution in [0.3, 0.4) is 0 Å². The molecule has 1 N–H and O–H groups in total. The van der Waals surface area contributed by atoms with E-state index in [4.69, 9.17) is 4.74 Å². The van der Waals surface area contributed by atoms with Crippen LogP contribution in [0.15, 0.2) is 58.1 Å². The van der Waals surface area contributed by atoms with Gasteiger partial charge in [-0.15, -0.1) is 0 Å². The fraction of sp³-hybridized carbons (Fsp3) is 0.375. The molecule has 166 valence electrons. The summed E-state index contributed by atoms with van der Waals surface area (Å²) in [4.78, 5) is 45.3. The molecule has 32 heavy (non-hydrogen) atoms. The number of amides is 1. The van der Waals surface area contributed by atoms with Gasteiger partial charge in [-0.05, 0) is 43.2 Å². The van der Waals surface area contributed by atoms with Crippen molar-refractivity contribution < 1.29 is 9.53 Å². The first-order valence-corrected chi connectivity index (χ1v) is 11.1. The smallest absolute Gasteiger partial charge is 0.328 e. The third-order valence-corrected chi connectivity index (χ3v) is 6.33. The van der Waals surface area contributed by atoms with Gasteiger partial charge in [0.15, 0.2) is 0 Å². The van der Waals surface area contributed by atoms with E-state index >= 15 is 0 Å². The summed E-state index contributed by atoms with van der Waals surface area (Å²) in [6, 6.07) is 15.1. The highest BCUT2D eigenvalue weighted by molar-refractivity contribution is 5.97. The van der Waals surface area contributed by atoms with Gasteiger partial charge in [0.05, 0.1) is 23.6 Å². The fourth-order valence-electron chi connectivity index (χ4n) is 4.53. The fourth-order valence-corrected chi connectivity index (χ4v) is 4.53. The first-order chi connectivity index (χ1) is 15.6. The molecule has 1 atom stereocenters. The highest BCUT2D eigenvalue weighted by Crippen LogP contribution is 2.18. The lowest BCUT2D eigenvalue weighted by Gasteiger charge is -2.36. The van der Waals surface area contributed by atoms with Crippen LogP contribution in [-0.4, -0.2) is 59.2 Å². The molecule has 0 radical (unpaired) electrons. The molecule has 0 bridgehead atoms. The van der Waals surface area contributed by atoms with Crippen LogP contribution in [0.25, 0.3) is 10.9 Å². The molecule has 1 amide bonds. The number of carbonyl (C=O) groups excluding carboxylic acids is 1. The Morgan fingerprint density at radius 3 is 2.53 bits per heavy atom. The van der Waals surface area contributed by atoms with Crippen molar-refractivity contribution in [2.45, 2.75) is 25.5 Å².